The number of rotatable bonds is 9. The molecule has 2 aromatic heterocycles. The third-order valence-electron chi connectivity index (χ3n) is 5.67. The fourth-order valence-corrected chi connectivity index (χ4v) is 4.99. The number of fused-ring (bicyclic) bond motifs is 1. The minimum atomic E-state index is -0.0758. The summed E-state index contributed by atoms with van der Waals surface area (Å²) in [4.78, 5) is 29.4. The van der Waals surface area contributed by atoms with Gasteiger partial charge in [-0.3, -0.25) is 18.8 Å². The van der Waals surface area contributed by atoms with Crippen LogP contribution in [0.15, 0.2) is 52.4 Å². The molecule has 0 spiro atoms. The van der Waals surface area contributed by atoms with Crippen molar-refractivity contribution in [3.63, 3.8) is 0 Å². The number of carbonyl (C=O) groups is 1. The molecule has 0 aliphatic carbocycles. The number of nitrogens with zero attached hydrogens (tertiary/aromatic N) is 4. The first-order valence-electron chi connectivity index (χ1n) is 10.9. The zero-order valence-corrected chi connectivity index (χ0v) is 20.8. The molecule has 0 N–H and O–H groups in total. The second-order valence-electron chi connectivity index (χ2n) is 7.91. The van der Waals surface area contributed by atoms with Gasteiger partial charge in [-0.2, -0.15) is 5.10 Å². The van der Waals surface area contributed by atoms with Crippen molar-refractivity contribution in [3.05, 3.63) is 80.4 Å². The van der Waals surface area contributed by atoms with Crippen LogP contribution in [0.1, 0.15) is 33.7 Å². The minimum absolute atomic E-state index is 0.0758. The van der Waals surface area contributed by atoms with Crippen molar-refractivity contribution in [2.75, 3.05) is 7.11 Å². The zero-order chi connectivity index (χ0) is 24.2. The number of halogens is 1. The number of hydrogen-bond acceptors (Lipinski definition) is 6. The molecule has 4 aromatic rings. The van der Waals surface area contributed by atoms with Gasteiger partial charge in [0.2, 0.25) is 0 Å². The molecule has 4 rings (SSSR count). The van der Waals surface area contributed by atoms with E-state index in [9.17, 15) is 9.59 Å². The van der Waals surface area contributed by atoms with Gasteiger partial charge in [0.15, 0.2) is 5.16 Å². The van der Waals surface area contributed by atoms with Crippen LogP contribution in [0.2, 0.25) is 5.02 Å². The van der Waals surface area contributed by atoms with Crippen LogP contribution in [0.3, 0.4) is 0 Å². The lowest BCUT2D eigenvalue weighted by atomic mass is 10.1. The van der Waals surface area contributed by atoms with E-state index >= 15 is 0 Å². The van der Waals surface area contributed by atoms with Gasteiger partial charge in [0.25, 0.3) is 5.56 Å². The predicted molar refractivity (Wildman–Crippen MR) is 135 cm³/mol. The minimum Gasteiger partial charge on any atom is -0.496 e. The number of methoxy groups -OCH3 is 1. The van der Waals surface area contributed by atoms with Crippen LogP contribution in [0.25, 0.3) is 10.9 Å². The van der Waals surface area contributed by atoms with E-state index in [2.05, 4.69) is 5.10 Å². The van der Waals surface area contributed by atoms with Crippen LogP contribution in [0, 0.1) is 13.8 Å². The van der Waals surface area contributed by atoms with Crippen LogP contribution in [-0.4, -0.2) is 32.7 Å². The number of hydrogen-bond donors (Lipinski definition) is 0. The highest BCUT2D eigenvalue weighted by Crippen LogP contribution is 2.28. The van der Waals surface area contributed by atoms with Crippen molar-refractivity contribution in [2.45, 2.75) is 44.3 Å². The van der Waals surface area contributed by atoms with Gasteiger partial charge in [0.05, 0.1) is 34.4 Å². The number of aromatic nitrogens is 4. The highest BCUT2D eigenvalue weighted by Gasteiger charge is 2.14. The SMILES string of the molecule is COc1ccc(C=O)cc1CSc1nc2ccccc2c(=O)n1CCCn1nc(C)c(Cl)c1C. The van der Waals surface area contributed by atoms with Gasteiger partial charge in [-0.25, -0.2) is 4.98 Å². The second-order valence-corrected chi connectivity index (χ2v) is 9.23. The second kappa shape index (κ2) is 10.4. The lowest BCUT2D eigenvalue weighted by Crippen LogP contribution is -2.24. The van der Waals surface area contributed by atoms with Gasteiger partial charge < -0.3 is 4.74 Å². The van der Waals surface area contributed by atoms with E-state index in [1.165, 1.54) is 11.8 Å². The number of carbonyl (C=O) groups excluding carboxylic acids is 1. The first-order chi connectivity index (χ1) is 16.4. The summed E-state index contributed by atoms with van der Waals surface area (Å²) in [5.41, 5.74) is 3.73. The van der Waals surface area contributed by atoms with Crippen molar-refractivity contribution in [2.24, 2.45) is 0 Å². The van der Waals surface area contributed by atoms with Crippen molar-refractivity contribution in [1.82, 2.24) is 19.3 Å². The molecule has 9 heteroatoms. The quantitative estimate of drug-likeness (QED) is 0.183. The van der Waals surface area contributed by atoms with Crippen LogP contribution >= 0.6 is 23.4 Å². The van der Waals surface area contributed by atoms with Gasteiger partial charge in [-0.15, -0.1) is 0 Å². The Morgan fingerprint density at radius 2 is 1.94 bits per heavy atom. The average Bonchev–Trinajstić information content (AvgIpc) is 3.10. The average molecular weight is 497 g/mol. The largest absolute Gasteiger partial charge is 0.496 e. The molecule has 0 unspecified atom stereocenters. The predicted octanol–water partition coefficient (Wildman–Crippen LogP) is 5.07. The molecule has 0 saturated heterocycles. The van der Waals surface area contributed by atoms with E-state index in [-0.39, 0.29) is 5.56 Å². The fraction of sp³-hybridized carbons (Fsp3) is 0.280. The topological polar surface area (TPSA) is 79.0 Å². The molecule has 0 bridgehead atoms. The Labute approximate surface area is 206 Å². The highest BCUT2D eigenvalue weighted by atomic mass is 35.5. The number of benzene rings is 2. The van der Waals surface area contributed by atoms with Crippen LogP contribution in [-0.2, 0) is 18.8 Å². The summed E-state index contributed by atoms with van der Waals surface area (Å²) in [6.07, 6.45) is 1.50. The Morgan fingerprint density at radius 3 is 2.65 bits per heavy atom. The normalized spacial score (nSPS) is 11.2. The molecule has 0 aliphatic rings. The summed E-state index contributed by atoms with van der Waals surface area (Å²) in [6, 6.07) is 12.7. The van der Waals surface area contributed by atoms with Gasteiger partial charge in [0.1, 0.15) is 12.0 Å². The summed E-state index contributed by atoms with van der Waals surface area (Å²) in [6.45, 7) is 4.94. The van der Waals surface area contributed by atoms with E-state index < -0.39 is 0 Å². The number of thioether (sulfide) groups is 1. The Hall–Kier alpha value is -3.10. The van der Waals surface area contributed by atoms with Crippen LogP contribution < -0.4 is 10.3 Å². The molecule has 0 radical (unpaired) electrons. The van der Waals surface area contributed by atoms with Gasteiger partial charge in [-0.1, -0.05) is 35.5 Å². The third kappa shape index (κ3) is 4.88. The third-order valence-corrected chi connectivity index (χ3v) is 7.24. The standard InChI is InChI=1S/C25H25ClN4O3S/c1-16-23(26)17(2)30(28-16)12-6-11-29-24(32)20-7-4-5-8-21(20)27-25(29)34-15-19-13-18(14-31)9-10-22(19)33-3/h4-5,7-10,13-14H,6,11-12,15H2,1-3H3. The molecule has 34 heavy (non-hydrogen) atoms. The molecule has 0 saturated carbocycles. The van der Waals surface area contributed by atoms with Crippen LogP contribution in [0.4, 0.5) is 0 Å². The lowest BCUT2D eigenvalue weighted by molar-refractivity contribution is 0.112. The first kappa shape index (κ1) is 24.0. The molecule has 2 aromatic carbocycles. The Kier molecular flexibility index (Phi) is 7.38. The molecule has 0 atom stereocenters. The number of aldehydes is 1. The maximum Gasteiger partial charge on any atom is 0.262 e. The molecule has 0 fully saturated rings. The molecule has 176 valence electrons. The smallest absolute Gasteiger partial charge is 0.262 e. The van der Waals surface area contributed by atoms with Gasteiger partial charge in [-0.05, 0) is 50.6 Å². The maximum atomic E-state index is 13.3. The summed E-state index contributed by atoms with van der Waals surface area (Å²) in [5.74, 6) is 1.19. The first-order valence-corrected chi connectivity index (χ1v) is 12.2. The summed E-state index contributed by atoms with van der Waals surface area (Å²) < 4.78 is 9.05. The fourth-order valence-electron chi connectivity index (χ4n) is 3.85. The molecular weight excluding hydrogens is 472 g/mol. The van der Waals surface area contributed by atoms with Crippen molar-refractivity contribution in [3.8, 4) is 5.75 Å². The Bertz CT molecular complexity index is 1410. The van der Waals surface area contributed by atoms with Crippen molar-refractivity contribution >= 4 is 40.6 Å². The number of ether oxygens (including phenoxy) is 1. The van der Waals surface area contributed by atoms with Gasteiger partial charge in [0, 0.05) is 30.0 Å². The molecule has 2 heterocycles. The molecule has 0 aliphatic heterocycles. The maximum absolute atomic E-state index is 13.3. The van der Waals surface area contributed by atoms with Crippen molar-refractivity contribution < 1.29 is 9.53 Å². The molecular formula is C25H25ClN4O3S. The van der Waals surface area contributed by atoms with E-state index in [1.54, 1.807) is 35.9 Å². The lowest BCUT2D eigenvalue weighted by Gasteiger charge is -2.14. The van der Waals surface area contributed by atoms with Crippen molar-refractivity contribution in [1.29, 1.82) is 0 Å². The summed E-state index contributed by atoms with van der Waals surface area (Å²) >= 11 is 7.72. The van der Waals surface area contributed by atoms with Gasteiger partial charge >= 0.3 is 0 Å². The summed E-state index contributed by atoms with van der Waals surface area (Å²) in [5, 5.41) is 6.36. The number of para-hydroxylation sites is 1. The van der Waals surface area contributed by atoms with E-state index in [0.29, 0.717) is 57.7 Å². The van der Waals surface area contributed by atoms with E-state index in [0.717, 1.165) is 23.2 Å². The molecule has 0 amide bonds. The zero-order valence-electron chi connectivity index (χ0n) is 19.2. The van der Waals surface area contributed by atoms with E-state index in [4.69, 9.17) is 21.3 Å². The summed E-state index contributed by atoms with van der Waals surface area (Å²) in [7, 11) is 1.60. The highest BCUT2D eigenvalue weighted by molar-refractivity contribution is 7.98. The number of aryl methyl sites for hydroxylation is 2. The Balaban J connectivity index is 1.63. The monoisotopic (exact) mass is 496 g/mol. The Morgan fingerprint density at radius 1 is 1.15 bits per heavy atom. The van der Waals surface area contributed by atoms with Crippen LogP contribution in [0.5, 0.6) is 5.75 Å². The molecule has 7 nitrogen and oxygen atoms in total. The van der Waals surface area contributed by atoms with E-state index in [1.807, 2.05) is 36.7 Å².